The SMILES string of the molecule is CCOC(=O)C(C(=O)OCC)C(Cc1ccccc1Br)c1c[nH]c2ccccc12. The summed E-state index contributed by atoms with van der Waals surface area (Å²) in [5.74, 6) is -2.62. The number of esters is 2. The Morgan fingerprint density at radius 2 is 1.59 bits per heavy atom. The number of aromatic nitrogens is 1. The third kappa shape index (κ3) is 4.70. The first-order chi connectivity index (χ1) is 14.1. The highest BCUT2D eigenvalue weighted by Gasteiger charge is 2.39. The number of H-pyrrole nitrogens is 1. The molecule has 3 rings (SSSR count). The Bertz CT molecular complexity index is 979. The first kappa shape index (κ1) is 21.1. The van der Waals surface area contributed by atoms with E-state index in [0.29, 0.717) is 6.42 Å². The van der Waals surface area contributed by atoms with Crippen molar-refractivity contribution < 1.29 is 19.1 Å². The van der Waals surface area contributed by atoms with Gasteiger partial charge in [-0.1, -0.05) is 52.3 Å². The number of fused-ring (bicyclic) bond motifs is 1. The normalized spacial score (nSPS) is 12.1. The Labute approximate surface area is 178 Å². The van der Waals surface area contributed by atoms with Crippen LogP contribution in [0.1, 0.15) is 30.9 Å². The maximum Gasteiger partial charge on any atom is 0.320 e. The Morgan fingerprint density at radius 1 is 0.966 bits per heavy atom. The molecule has 0 fully saturated rings. The molecule has 0 amide bonds. The van der Waals surface area contributed by atoms with Crippen LogP contribution in [0.25, 0.3) is 10.9 Å². The minimum absolute atomic E-state index is 0.199. The molecular formula is C23H24BrNO4. The fourth-order valence-electron chi connectivity index (χ4n) is 3.60. The average molecular weight is 458 g/mol. The number of ether oxygens (including phenoxy) is 2. The Balaban J connectivity index is 2.12. The molecule has 2 aromatic carbocycles. The lowest BCUT2D eigenvalue weighted by Crippen LogP contribution is -2.34. The van der Waals surface area contributed by atoms with Gasteiger partial charge in [-0.2, -0.15) is 0 Å². The molecule has 6 heteroatoms. The van der Waals surface area contributed by atoms with E-state index in [0.717, 1.165) is 26.5 Å². The standard InChI is InChI=1S/C23H24BrNO4/c1-3-28-22(26)21(23(27)29-4-2)17(13-15-9-5-7-11-19(15)24)18-14-25-20-12-8-6-10-16(18)20/h5-12,14,17,21,25H,3-4,13H2,1-2H3. The smallest absolute Gasteiger partial charge is 0.320 e. The highest BCUT2D eigenvalue weighted by Crippen LogP contribution is 2.36. The molecule has 1 heterocycles. The number of para-hydroxylation sites is 1. The van der Waals surface area contributed by atoms with Crippen LogP contribution < -0.4 is 0 Å². The van der Waals surface area contributed by atoms with Gasteiger partial charge in [0.15, 0.2) is 5.92 Å². The van der Waals surface area contributed by atoms with Crippen LogP contribution >= 0.6 is 15.9 Å². The minimum atomic E-state index is -1.05. The summed E-state index contributed by atoms with van der Waals surface area (Å²) in [5, 5.41) is 0.975. The third-order valence-electron chi connectivity index (χ3n) is 4.90. The Kier molecular flexibility index (Phi) is 7.09. The summed E-state index contributed by atoms with van der Waals surface area (Å²) in [6.07, 6.45) is 2.35. The summed E-state index contributed by atoms with van der Waals surface area (Å²) in [6.45, 7) is 3.86. The molecule has 0 saturated heterocycles. The number of benzene rings is 2. The van der Waals surface area contributed by atoms with E-state index in [4.69, 9.17) is 9.47 Å². The van der Waals surface area contributed by atoms with Gasteiger partial charge < -0.3 is 14.5 Å². The maximum absolute atomic E-state index is 12.9. The molecule has 1 N–H and O–H groups in total. The summed E-state index contributed by atoms with van der Waals surface area (Å²) in [4.78, 5) is 29.0. The van der Waals surface area contributed by atoms with E-state index in [1.54, 1.807) is 13.8 Å². The zero-order chi connectivity index (χ0) is 20.8. The quantitative estimate of drug-likeness (QED) is 0.381. The fourth-order valence-corrected chi connectivity index (χ4v) is 4.04. The lowest BCUT2D eigenvalue weighted by Gasteiger charge is -2.25. The molecule has 152 valence electrons. The van der Waals surface area contributed by atoms with Crippen LogP contribution in [0.15, 0.2) is 59.2 Å². The molecule has 0 aliphatic carbocycles. The molecule has 1 aromatic heterocycles. The molecule has 0 spiro atoms. The van der Waals surface area contributed by atoms with Crippen molar-refractivity contribution in [3.05, 3.63) is 70.3 Å². The van der Waals surface area contributed by atoms with Gasteiger partial charge in [-0.3, -0.25) is 9.59 Å². The van der Waals surface area contributed by atoms with Crippen molar-refractivity contribution in [1.82, 2.24) is 4.98 Å². The predicted octanol–water partition coefficient (Wildman–Crippen LogP) is 5.00. The zero-order valence-electron chi connectivity index (χ0n) is 16.5. The van der Waals surface area contributed by atoms with Gasteiger partial charge in [0.1, 0.15) is 0 Å². The summed E-state index contributed by atoms with van der Waals surface area (Å²) >= 11 is 3.58. The van der Waals surface area contributed by atoms with Gasteiger partial charge in [-0.25, -0.2) is 0 Å². The number of halogens is 1. The molecule has 29 heavy (non-hydrogen) atoms. The van der Waals surface area contributed by atoms with Gasteiger partial charge in [-0.05, 0) is 43.5 Å². The van der Waals surface area contributed by atoms with Crippen molar-refractivity contribution in [3.63, 3.8) is 0 Å². The number of hydrogen-bond acceptors (Lipinski definition) is 4. The minimum Gasteiger partial charge on any atom is -0.465 e. The summed E-state index contributed by atoms with van der Waals surface area (Å²) in [6, 6.07) is 15.7. The van der Waals surface area contributed by atoms with Crippen LogP contribution in [-0.2, 0) is 25.5 Å². The number of aromatic amines is 1. The molecule has 3 aromatic rings. The molecule has 1 unspecified atom stereocenters. The number of carbonyl (C=O) groups excluding carboxylic acids is 2. The zero-order valence-corrected chi connectivity index (χ0v) is 18.1. The number of rotatable bonds is 8. The van der Waals surface area contributed by atoms with Gasteiger partial charge in [0.25, 0.3) is 0 Å². The predicted molar refractivity (Wildman–Crippen MR) is 116 cm³/mol. The van der Waals surface area contributed by atoms with Crippen molar-refractivity contribution in [2.24, 2.45) is 5.92 Å². The molecule has 0 bridgehead atoms. The molecule has 5 nitrogen and oxygen atoms in total. The lowest BCUT2D eigenvalue weighted by molar-refractivity contribution is -0.162. The van der Waals surface area contributed by atoms with E-state index in [2.05, 4.69) is 20.9 Å². The molecule has 0 aliphatic rings. The fraction of sp³-hybridized carbons (Fsp3) is 0.304. The van der Waals surface area contributed by atoms with Crippen LogP contribution in [0.5, 0.6) is 0 Å². The van der Waals surface area contributed by atoms with Gasteiger partial charge >= 0.3 is 11.9 Å². The second-order valence-corrected chi connectivity index (χ2v) is 7.53. The van der Waals surface area contributed by atoms with Crippen molar-refractivity contribution in [1.29, 1.82) is 0 Å². The van der Waals surface area contributed by atoms with Crippen molar-refractivity contribution in [2.75, 3.05) is 13.2 Å². The van der Waals surface area contributed by atoms with Crippen LogP contribution in [0.3, 0.4) is 0 Å². The van der Waals surface area contributed by atoms with Gasteiger partial charge in [0.05, 0.1) is 13.2 Å². The monoisotopic (exact) mass is 457 g/mol. The Morgan fingerprint density at radius 3 is 2.24 bits per heavy atom. The average Bonchev–Trinajstić information content (AvgIpc) is 3.13. The van der Waals surface area contributed by atoms with Crippen LogP contribution in [0.4, 0.5) is 0 Å². The first-order valence-corrected chi connectivity index (χ1v) is 10.5. The lowest BCUT2D eigenvalue weighted by atomic mass is 9.81. The molecule has 0 aliphatic heterocycles. The first-order valence-electron chi connectivity index (χ1n) is 9.69. The summed E-state index contributed by atoms with van der Waals surface area (Å²) in [7, 11) is 0. The molecule has 0 saturated carbocycles. The molecule has 1 atom stereocenters. The van der Waals surface area contributed by atoms with Crippen molar-refractivity contribution in [2.45, 2.75) is 26.2 Å². The number of carbonyl (C=O) groups is 2. The number of hydrogen-bond donors (Lipinski definition) is 1. The number of nitrogens with one attached hydrogen (secondary N) is 1. The topological polar surface area (TPSA) is 68.4 Å². The van der Waals surface area contributed by atoms with Crippen LogP contribution in [0.2, 0.25) is 0 Å². The van der Waals surface area contributed by atoms with E-state index in [1.807, 2.05) is 54.7 Å². The van der Waals surface area contributed by atoms with Crippen LogP contribution in [-0.4, -0.2) is 30.1 Å². The van der Waals surface area contributed by atoms with Gasteiger partial charge in [0.2, 0.25) is 0 Å². The van der Waals surface area contributed by atoms with Crippen molar-refractivity contribution in [3.8, 4) is 0 Å². The van der Waals surface area contributed by atoms with Gasteiger partial charge in [-0.15, -0.1) is 0 Å². The van der Waals surface area contributed by atoms with E-state index in [-0.39, 0.29) is 13.2 Å². The van der Waals surface area contributed by atoms with E-state index >= 15 is 0 Å². The van der Waals surface area contributed by atoms with E-state index in [1.165, 1.54) is 0 Å². The molecular weight excluding hydrogens is 434 g/mol. The second-order valence-electron chi connectivity index (χ2n) is 6.67. The van der Waals surface area contributed by atoms with E-state index < -0.39 is 23.8 Å². The maximum atomic E-state index is 12.9. The highest BCUT2D eigenvalue weighted by molar-refractivity contribution is 9.10. The Hall–Kier alpha value is -2.60. The summed E-state index contributed by atoms with van der Waals surface area (Å²) in [5.41, 5.74) is 2.84. The van der Waals surface area contributed by atoms with E-state index in [9.17, 15) is 9.59 Å². The third-order valence-corrected chi connectivity index (χ3v) is 5.68. The second kappa shape index (κ2) is 9.74. The largest absolute Gasteiger partial charge is 0.465 e. The summed E-state index contributed by atoms with van der Waals surface area (Å²) < 4.78 is 11.5. The van der Waals surface area contributed by atoms with Gasteiger partial charge in [0, 0.05) is 27.5 Å². The van der Waals surface area contributed by atoms with Crippen molar-refractivity contribution >= 4 is 38.8 Å². The highest BCUT2D eigenvalue weighted by atomic mass is 79.9. The van der Waals surface area contributed by atoms with Crippen LogP contribution in [0, 0.1) is 5.92 Å². The molecule has 0 radical (unpaired) electrons.